The first kappa shape index (κ1) is 11.5. The van der Waals surface area contributed by atoms with Crippen molar-refractivity contribution in [2.75, 3.05) is 12.4 Å². The van der Waals surface area contributed by atoms with Crippen molar-refractivity contribution >= 4 is 17.5 Å². The van der Waals surface area contributed by atoms with Crippen LogP contribution in [0.1, 0.15) is 24.2 Å². The summed E-state index contributed by atoms with van der Waals surface area (Å²) in [4.78, 5) is 18.1. The fraction of sp³-hybridized carbons (Fsp3) is 0.636. The Morgan fingerprint density at radius 1 is 1.62 bits per heavy atom. The lowest BCUT2D eigenvalue weighted by Gasteiger charge is -2.27. The Balaban J connectivity index is 2.01. The number of aryl methyl sites for hydroxylation is 1. The third-order valence-electron chi connectivity index (χ3n) is 2.98. The quantitative estimate of drug-likeness (QED) is 0.749. The lowest BCUT2D eigenvalue weighted by molar-refractivity contribution is -0.132. The molecular formula is C11H16ClN3O. The van der Waals surface area contributed by atoms with Gasteiger partial charge in [-0.25, -0.2) is 4.98 Å². The third kappa shape index (κ3) is 2.21. The number of halogens is 1. The van der Waals surface area contributed by atoms with Gasteiger partial charge >= 0.3 is 0 Å². The average Bonchev–Trinajstić information content (AvgIpc) is 2.67. The highest BCUT2D eigenvalue weighted by atomic mass is 35.5. The number of carbonyl (C=O) groups is 1. The summed E-state index contributed by atoms with van der Waals surface area (Å²) in [5, 5.41) is 0. The van der Waals surface area contributed by atoms with Crippen molar-refractivity contribution in [1.82, 2.24) is 14.5 Å². The average molecular weight is 242 g/mol. The molecule has 4 nitrogen and oxygen atoms in total. The maximum absolute atomic E-state index is 11.8. The van der Waals surface area contributed by atoms with Gasteiger partial charge in [-0.3, -0.25) is 4.79 Å². The lowest BCUT2D eigenvalue weighted by Crippen LogP contribution is -2.36. The van der Waals surface area contributed by atoms with Crippen molar-refractivity contribution in [3.63, 3.8) is 0 Å². The van der Waals surface area contributed by atoms with Gasteiger partial charge in [-0.15, -0.1) is 11.6 Å². The first-order valence-corrected chi connectivity index (χ1v) is 6.08. The molecule has 0 atom stereocenters. The number of rotatable bonds is 3. The molecule has 1 aliphatic heterocycles. The first-order valence-electron chi connectivity index (χ1n) is 5.55. The van der Waals surface area contributed by atoms with E-state index >= 15 is 0 Å². The van der Waals surface area contributed by atoms with Gasteiger partial charge in [0.2, 0.25) is 5.91 Å². The smallest absolute Gasteiger partial charge is 0.222 e. The lowest BCUT2D eigenvalue weighted by atomic mass is 10.1. The van der Waals surface area contributed by atoms with Crippen LogP contribution in [-0.2, 0) is 24.8 Å². The van der Waals surface area contributed by atoms with Crippen LogP contribution in [0.15, 0.2) is 6.33 Å². The zero-order chi connectivity index (χ0) is 11.5. The zero-order valence-electron chi connectivity index (χ0n) is 9.45. The van der Waals surface area contributed by atoms with Crippen LogP contribution in [-0.4, -0.2) is 32.8 Å². The van der Waals surface area contributed by atoms with Crippen LogP contribution in [0, 0.1) is 0 Å². The second-order valence-electron chi connectivity index (χ2n) is 4.11. The standard InChI is InChI=1S/C11H16ClN3O/c1-14-8-13-9-4-6-15(7-10(9)14)11(16)3-2-5-12/h8H,2-7H2,1H3. The van der Waals surface area contributed by atoms with E-state index in [1.807, 2.05) is 22.8 Å². The predicted molar refractivity (Wildman–Crippen MR) is 62.3 cm³/mol. The van der Waals surface area contributed by atoms with Crippen molar-refractivity contribution in [2.45, 2.75) is 25.8 Å². The Bertz CT molecular complexity index is 389. The largest absolute Gasteiger partial charge is 0.336 e. The van der Waals surface area contributed by atoms with Crippen LogP contribution >= 0.6 is 11.6 Å². The third-order valence-corrected chi connectivity index (χ3v) is 3.25. The van der Waals surface area contributed by atoms with Crippen LogP contribution < -0.4 is 0 Å². The van der Waals surface area contributed by atoms with Crippen LogP contribution in [0.4, 0.5) is 0 Å². The minimum atomic E-state index is 0.201. The number of amides is 1. The number of nitrogens with zero attached hydrogens (tertiary/aromatic N) is 3. The summed E-state index contributed by atoms with van der Waals surface area (Å²) >= 11 is 5.59. The molecule has 0 saturated carbocycles. The minimum absolute atomic E-state index is 0.201. The van der Waals surface area contributed by atoms with Crippen molar-refractivity contribution in [2.24, 2.45) is 7.05 Å². The van der Waals surface area contributed by atoms with E-state index in [1.165, 1.54) is 0 Å². The number of hydrogen-bond acceptors (Lipinski definition) is 2. The van der Waals surface area contributed by atoms with Gasteiger partial charge in [0, 0.05) is 32.3 Å². The Hall–Kier alpha value is -1.03. The Kier molecular flexibility index (Phi) is 3.49. The molecule has 0 aliphatic carbocycles. The van der Waals surface area contributed by atoms with Gasteiger partial charge < -0.3 is 9.47 Å². The first-order chi connectivity index (χ1) is 7.72. The molecule has 2 rings (SSSR count). The van der Waals surface area contributed by atoms with E-state index in [0.29, 0.717) is 18.8 Å². The van der Waals surface area contributed by atoms with E-state index < -0.39 is 0 Å². The predicted octanol–water partition coefficient (Wildman–Crippen LogP) is 1.32. The van der Waals surface area contributed by atoms with Gasteiger partial charge in [0.1, 0.15) is 0 Å². The van der Waals surface area contributed by atoms with E-state index in [0.717, 1.165) is 30.8 Å². The maximum Gasteiger partial charge on any atom is 0.222 e. The van der Waals surface area contributed by atoms with Crippen molar-refractivity contribution in [1.29, 1.82) is 0 Å². The van der Waals surface area contributed by atoms with Gasteiger partial charge in [0.15, 0.2) is 0 Å². The van der Waals surface area contributed by atoms with Crippen molar-refractivity contribution in [3.8, 4) is 0 Å². The molecule has 1 aromatic rings. The summed E-state index contributed by atoms with van der Waals surface area (Å²) in [6.07, 6.45) is 3.99. The topological polar surface area (TPSA) is 38.1 Å². The molecule has 1 aromatic heterocycles. The van der Waals surface area contributed by atoms with Crippen LogP contribution in [0.3, 0.4) is 0 Å². The van der Waals surface area contributed by atoms with Gasteiger partial charge in [-0.1, -0.05) is 0 Å². The molecule has 5 heteroatoms. The number of hydrogen-bond donors (Lipinski definition) is 0. The molecule has 0 saturated heterocycles. The van der Waals surface area contributed by atoms with Crippen LogP contribution in [0.25, 0.3) is 0 Å². The summed E-state index contributed by atoms with van der Waals surface area (Å²) < 4.78 is 2.00. The highest BCUT2D eigenvalue weighted by molar-refractivity contribution is 6.17. The van der Waals surface area contributed by atoms with E-state index in [9.17, 15) is 4.79 Å². The molecule has 88 valence electrons. The second kappa shape index (κ2) is 4.87. The van der Waals surface area contributed by atoms with Gasteiger partial charge in [-0.2, -0.15) is 0 Å². The highest BCUT2D eigenvalue weighted by Crippen LogP contribution is 2.17. The maximum atomic E-state index is 11.8. The summed E-state index contributed by atoms with van der Waals surface area (Å²) in [6.45, 7) is 1.47. The number of carbonyl (C=O) groups excluding carboxylic acids is 1. The van der Waals surface area contributed by atoms with Gasteiger partial charge in [0.05, 0.1) is 24.3 Å². The molecule has 2 heterocycles. The van der Waals surface area contributed by atoms with E-state index in [1.54, 1.807) is 0 Å². The summed E-state index contributed by atoms with van der Waals surface area (Å²) in [7, 11) is 1.97. The Labute approximate surface area is 100 Å². The zero-order valence-corrected chi connectivity index (χ0v) is 10.2. The number of aromatic nitrogens is 2. The van der Waals surface area contributed by atoms with Crippen molar-refractivity contribution in [3.05, 3.63) is 17.7 Å². The van der Waals surface area contributed by atoms with E-state index in [2.05, 4.69) is 4.98 Å². The fourth-order valence-electron chi connectivity index (χ4n) is 2.01. The SMILES string of the molecule is Cn1cnc2c1CN(C(=O)CCCCl)CC2. The number of fused-ring (bicyclic) bond motifs is 1. The molecule has 0 spiro atoms. The molecule has 0 aromatic carbocycles. The Morgan fingerprint density at radius 2 is 2.44 bits per heavy atom. The molecule has 1 amide bonds. The van der Waals surface area contributed by atoms with Crippen LogP contribution in [0.2, 0.25) is 0 Å². The minimum Gasteiger partial charge on any atom is -0.336 e. The normalized spacial score (nSPS) is 15.0. The molecule has 0 N–H and O–H groups in total. The van der Waals surface area contributed by atoms with Gasteiger partial charge in [0.25, 0.3) is 0 Å². The summed E-state index contributed by atoms with van der Waals surface area (Å²) in [6, 6.07) is 0. The molecule has 1 aliphatic rings. The van der Waals surface area contributed by atoms with E-state index in [4.69, 9.17) is 11.6 Å². The molecule has 0 radical (unpaired) electrons. The number of imidazole rings is 1. The molecule has 16 heavy (non-hydrogen) atoms. The molecule has 0 unspecified atom stereocenters. The van der Waals surface area contributed by atoms with Crippen LogP contribution in [0.5, 0.6) is 0 Å². The van der Waals surface area contributed by atoms with Crippen molar-refractivity contribution < 1.29 is 4.79 Å². The Morgan fingerprint density at radius 3 is 3.19 bits per heavy atom. The second-order valence-corrected chi connectivity index (χ2v) is 4.48. The highest BCUT2D eigenvalue weighted by Gasteiger charge is 2.22. The van der Waals surface area contributed by atoms with E-state index in [-0.39, 0.29) is 5.91 Å². The fourth-order valence-corrected chi connectivity index (χ4v) is 2.14. The summed E-state index contributed by atoms with van der Waals surface area (Å²) in [5.41, 5.74) is 2.29. The molecule has 0 fully saturated rings. The summed E-state index contributed by atoms with van der Waals surface area (Å²) in [5.74, 6) is 0.754. The number of alkyl halides is 1. The monoisotopic (exact) mass is 241 g/mol. The molecular weight excluding hydrogens is 226 g/mol. The molecule has 0 bridgehead atoms. The van der Waals surface area contributed by atoms with Gasteiger partial charge in [-0.05, 0) is 6.42 Å².